The standard InChI is InChI=1S/C17H24ClNO3/c1-13(10-14-2-4-15(18)5-3-14)16(21)19-11-17(12-20)6-8-22-9-7-17/h2-5,13,20H,6-12H2,1H3,(H,19,21)/t13-/m0/s1. The Morgan fingerprint density at radius 1 is 1.36 bits per heavy atom. The van der Waals surface area contributed by atoms with Gasteiger partial charge in [0.2, 0.25) is 5.91 Å². The summed E-state index contributed by atoms with van der Waals surface area (Å²) in [7, 11) is 0. The van der Waals surface area contributed by atoms with E-state index in [4.69, 9.17) is 16.3 Å². The second-order valence-corrected chi connectivity index (χ2v) is 6.66. The first-order valence-electron chi connectivity index (χ1n) is 7.75. The van der Waals surface area contributed by atoms with Gasteiger partial charge < -0.3 is 15.2 Å². The number of halogens is 1. The normalized spacial score (nSPS) is 18.7. The molecule has 1 heterocycles. The number of ether oxygens (including phenoxy) is 1. The number of aliphatic hydroxyl groups excluding tert-OH is 1. The summed E-state index contributed by atoms with van der Waals surface area (Å²) in [6.45, 7) is 3.81. The van der Waals surface area contributed by atoms with Gasteiger partial charge in [-0.15, -0.1) is 0 Å². The number of benzene rings is 1. The van der Waals surface area contributed by atoms with Gasteiger partial charge in [0, 0.05) is 36.1 Å². The van der Waals surface area contributed by atoms with E-state index in [0.717, 1.165) is 18.4 Å². The molecule has 0 aromatic heterocycles. The molecule has 1 aromatic carbocycles. The maximum Gasteiger partial charge on any atom is 0.223 e. The lowest BCUT2D eigenvalue weighted by atomic mass is 9.81. The molecule has 2 N–H and O–H groups in total. The van der Waals surface area contributed by atoms with Gasteiger partial charge in [-0.1, -0.05) is 30.7 Å². The summed E-state index contributed by atoms with van der Waals surface area (Å²) in [6, 6.07) is 7.56. The highest BCUT2D eigenvalue weighted by atomic mass is 35.5. The molecule has 1 amide bonds. The van der Waals surface area contributed by atoms with E-state index in [1.54, 1.807) is 0 Å². The van der Waals surface area contributed by atoms with Crippen molar-refractivity contribution in [1.29, 1.82) is 0 Å². The van der Waals surface area contributed by atoms with E-state index in [-0.39, 0.29) is 23.8 Å². The van der Waals surface area contributed by atoms with Crippen LogP contribution in [-0.2, 0) is 16.0 Å². The van der Waals surface area contributed by atoms with Crippen LogP contribution in [0.4, 0.5) is 0 Å². The molecule has 122 valence electrons. The SMILES string of the molecule is C[C@@H](Cc1ccc(Cl)cc1)C(=O)NCC1(CO)CCOCC1. The summed E-state index contributed by atoms with van der Waals surface area (Å²) in [4.78, 5) is 12.3. The van der Waals surface area contributed by atoms with Crippen LogP contribution in [0.1, 0.15) is 25.3 Å². The van der Waals surface area contributed by atoms with Gasteiger partial charge in [-0.3, -0.25) is 4.79 Å². The first-order chi connectivity index (χ1) is 10.5. The number of carbonyl (C=O) groups is 1. The van der Waals surface area contributed by atoms with Gasteiger partial charge in [-0.25, -0.2) is 0 Å². The molecule has 1 aliphatic heterocycles. The summed E-state index contributed by atoms with van der Waals surface area (Å²) in [5, 5.41) is 13.3. The van der Waals surface area contributed by atoms with Gasteiger partial charge in [-0.2, -0.15) is 0 Å². The third-order valence-electron chi connectivity index (χ3n) is 4.43. The molecule has 1 aliphatic rings. The Balaban J connectivity index is 1.84. The van der Waals surface area contributed by atoms with E-state index in [2.05, 4.69) is 5.32 Å². The molecule has 22 heavy (non-hydrogen) atoms. The van der Waals surface area contributed by atoms with Crippen LogP contribution >= 0.6 is 11.6 Å². The Morgan fingerprint density at radius 2 is 2.00 bits per heavy atom. The molecule has 5 heteroatoms. The quantitative estimate of drug-likeness (QED) is 0.844. The Labute approximate surface area is 136 Å². The molecule has 0 radical (unpaired) electrons. The number of carbonyl (C=O) groups excluding carboxylic acids is 1. The molecule has 0 aliphatic carbocycles. The van der Waals surface area contributed by atoms with E-state index in [9.17, 15) is 9.90 Å². The molecule has 0 spiro atoms. The summed E-state index contributed by atoms with van der Waals surface area (Å²) in [5.41, 5.74) is 0.864. The van der Waals surface area contributed by atoms with Crippen LogP contribution in [0.3, 0.4) is 0 Å². The Kier molecular flexibility index (Phi) is 6.24. The van der Waals surface area contributed by atoms with Gasteiger partial charge >= 0.3 is 0 Å². The van der Waals surface area contributed by atoms with Crippen molar-refractivity contribution in [2.75, 3.05) is 26.4 Å². The van der Waals surface area contributed by atoms with E-state index in [0.29, 0.717) is 31.2 Å². The second kappa shape index (κ2) is 7.95. The number of hydrogen-bond acceptors (Lipinski definition) is 3. The largest absolute Gasteiger partial charge is 0.396 e. The van der Waals surface area contributed by atoms with Crippen LogP contribution in [0.2, 0.25) is 5.02 Å². The van der Waals surface area contributed by atoms with Crippen LogP contribution in [0.15, 0.2) is 24.3 Å². The summed E-state index contributed by atoms with van der Waals surface area (Å²) in [6.07, 6.45) is 2.25. The maximum absolute atomic E-state index is 12.3. The minimum Gasteiger partial charge on any atom is -0.396 e. The van der Waals surface area contributed by atoms with Crippen molar-refractivity contribution in [3.05, 3.63) is 34.9 Å². The number of rotatable bonds is 6. The van der Waals surface area contributed by atoms with Crippen molar-refractivity contribution >= 4 is 17.5 Å². The van der Waals surface area contributed by atoms with E-state index in [1.807, 2.05) is 31.2 Å². The van der Waals surface area contributed by atoms with Crippen molar-refractivity contribution < 1.29 is 14.6 Å². The highest BCUT2D eigenvalue weighted by Gasteiger charge is 2.32. The predicted molar refractivity (Wildman–Crippen MR) is 86.9 cm³/mol. The van der Waals surface area contributed by atoms with Crippen LogP contribution in [0.25, 0.3) is 0 Å². The molecule has 0 saturated carbocycles. The minimum atomic E-state index is -0.228. The number of hydrogen-bond donors (Lipinski definition) is 2. The first kappa shape index (κ1) is 17.3. The molecule has 0 unspecified atom stereocenters. The van der Waals surface area contributed by atoms with Crippen molar-refractivity contribution in [2.24, 2.45) is 11.3 Å². The van der Waals surface area contributed by atoms with E-state index >= 15 is 0 Å². The van der Waals surface area contributed by atoms with Gasteiger partial charge in [-0.05, 0) is 37.0 Å². The summed E-state index contributed by atoms with van der Waals surface area (Å²) < 4.78 is 5.33. The summed E-state index contributed by atoms with van der Waals surface area (Å²) >= 11 is 5.86. The zero-order valence-electron chi connectivity index (χ0n) is 13.0. The molecular weight excluding hydrogens is 302 g/mol. The lowest BCUT2D eigenvalue weighted by molar-refractivity contribution is -0.125. The Bertz CT molecular complexity index is 483. The van der Waals surface area contributed by atoms with Crippen LogP contribution < -0.4 is 5.32 Å². The fourth-order valence-corrected chi connectivity index (χ4v) is 2.84. The van der Waals surface area contributed by atoms with E-state index in [1.165, 1.54) is 0 Å². The van der Waals surface area contributed by atoms with E-state index < -0.39 is 0 Å². The molecule has 1 atom stereocenters. The number of amides is 1. The maximum atomic E-state index is 12.3. The predicted octanol–water partition coefficient (Wildman–Crippen LogP) is 2.42. The van der Waals surface area contributed by atoms with Crippen molar-refractivity contribution in [2.45, 2.75) is 26.2 Å². The fraction of sp³-hybridized carbons (Fsp3) is 0.588. The van der Waals surface area contributed by atoms with Crippen LogP contribution in [-0.4, -0.2) is 37.4 Å². The molecule has 1 saturated heterocycles. The summed E-state index contributed by atoms with van der Waals surface area (Å²) in [5.74, 6) is -0.0916. The molecule has 1 aromatic rings. The molecule has 2 rings (SSSR count). The number of nitrogens with one attached hydrogen (secondary N) is 1. The van der Waals surface area contributed by atoms with Crippen LogP contribution in [0.5, 0.6) is 0 Å². The molecule has 1 fully saturated rings. The van der Waals surface area contributed by atoms with Crippen LogP contribution in [0, 0.1) is 11.3 Å². The van der Waals surface area contributed by atoms with Gasteiger partial charge in [0.15, 0.2) is 0 Å². The topological polar surface area (TPSA) is 58.6 Å². The van der Waals surface area contributed by atoms with Gasteiger partial charge in [0.05, 0.1) is 6.61 Å². The van der Waals surface area contributed by atoms with Gasteiger partial charge in [0.25, 0.3) is 0 Å². The second-order valence-electron chi connectivity index (χ2n) is 6.22. The van der Waals surface area contributed by atoms with Crippen molar-refractivity contribution in [3.63, 3.8) is 0 Å². The minimum absolute atomic E-state index is 0.0225. The third kappa shape index (κ3) is 4.70. The lowest BCUT2D eigenvalue weighted by Crippen LogP contribution is -2.45. The third-order valence-corrected chi connectivity index (χ3v) is 4.68. The van der Waals surface area contributed by atoms with Crippen molar-refractivity contribution in [1.82, 2.24) is 5.32 Å². The number of aliphatic hydroxyl groups is 1. The molecule has 0 bridgehead atoms. The highest BCUT2D eigenvalue weighted by molar-refractivity contribution is 6.30. The average Bonchev–Trinajstić information content (AvgIpc) is 2.55. The first-order valence-corrected chi connectivity index (χ1v) is 8.13. The Hall–Kier alpha value is -1.10. The fourth-order valence-electron chi connectivity index (χ4n) is 2.71. The smallest absolute Gasteiger partial charge is 0.223 e. The molecule has 4 nitrogen and oxygen atoms in total. The van der Waals surface area contributed by atoms with Gasteiger partial charge in [0.1, 0.15) is 0 Å². The zero-order chi connectivity index (χ0) is 16.0. The monoisotopic (exact) mass is 325 g/mol. The Morgan fingerprint density at radius 3 is 2.59 bits per heavy atom. The lowest BCUT2D eigenvalue weighted by Gasteiger charge is -2.35. The zero-order valence-corrected chi connectivity index (χ0v) is 13.7. The van der Waals surface area contributed by atoms with Crippen molar-refractivity contribution in [3.8, 4) is 0 Å². The molecular formula is C17H24ClNO3. The highest BCUT2D eigenvalue weighted by Crippen LogP contribution is 2.29. The average molecular weight is 326 g/mol.